The number of carboxylic acids is 1. The minimum absolute atomic E-state index is 0.219. The van der Waals surface area contributed by atoms with Crippen LogP contribution in [0.3, 0.4) is 0 Å². The lowest BCUT2D eigenvalue weighted by Crippen LogP contribution is -2.36. The molecule has 0 atom stereocenters. The summed E-state index contributed by atoms with van der Waals surface area (Å²) in [6.45, 7) is 3.11. The van der Waals surface area contributed by atoms with E-state index in [0.717, 1.165) is 13.1 Å². The van der Waals surface area contributed by atoms with Gasteiger partial charge in [0.05, 0.1) is 18.8 Å². The molecule has 0 radical (unpaired) electrons. The third-order valence-electron chi connectivity index (χ3n) is 2.69. The minimum Gasteiger partial charge on any atom is -0.871 e. The Balaban J connectivity index is 2.15. The predicted molar refractivity (Wildman–Crippen MR) is 56.7 cm³/mol. The first-order valence-corrected chi connectivity index (χ1v) is 5.37. The van der Waals surface area contributed by atoms with E-state index in [1.165, 1.54) is 12.3 Å². The summed E-state index contributed by atoms with van der Waals surface area (Å²) < 4.78 is 5.20. The van der Waals surface area contributed by atoms with E-state index in [1.807, 2.05) is 4.90 Å². The van der Waals surface area contributed by atoms with Crippen LogP contribution in [0.25, 0.3) is 0 Å². The van der Waals surface area contributed by atoms with Gasteiger partial charge < -0.3 is 14.9 Å². The molecule has 1 fully saturated rings. The molecule has 1 N–H and O–H groups in total. The maximum atomic E-state index is 11.8. The lowest BCUT2D eigenvalue weighted by atomic mass is 10.2. The summed E-state index contributed by atoms with van der Waals surface area (Å²) in [7, 11) is 0. The maximum Gasteiger partial charge on any atom is 0.335 e. The van der Waals surface area contributed by atoms with Gasteiger partial charge in [-0.2, -0.15) is 0 Å². The molecule has 0 bridgehead atoms. The van der Waals surface area contributed by atoms with E-state index < -0.39 is 11.7 Å². The van der Waals surface area contributed by atoms with Gasteiger partial charge in [-0.05, 0) is 6.07 Å². The standard InChI is InChI=1S/C11H14N2O4/c14-10-8(11(15)16)1-2-12-9(10)7-13-3-5-17-6-4-13/h1-2,14H,3-7H2,(H,15,16)/p-1. The number of hydrogen-bond donors (Lipinski definition) is 1. The average Bonchev–Trinajstić information content (AvgIpc) is 2.33. The Morgan fingerprint density at radius 3 is 2.88 bits per heavy atom. The largest absolute Gasteiger partial charge is 0.871 e. The summed E-state index contributed by atoms with van der Waals surface area (Å²) in [5, 5.41) is 20.6. The second-order valence-corrected chi connectivity index (χ2v) is 3.83. The number of rotatable bonds is 3. The summed E-state index contributed by atoms with van der Waals surface area (Å²) in [4.78, 5) is 16.8. The van der Waals surface area contributed by atoms with E-state index in [9.17, 15) is 9.90 Å². The van der Waals surface area contributed by atoms with Gasteiger partial charge in [0.25, 0.3) is 0 Å². The quantitative estimate of drug-likeness (QED) is 0.775. The molecule has 1 saturated heterocycles. The van der Waals surface area contributed by atoms with E-state index in [1.54, 1.807) is 0 Å². The van der Waals surface area contributed by atoms with Crippen LogP contribution in [0.4, 0.5) is 0 Å². The van der Waals surface area contributed by atoms with Gasteiger partial charge in [0, 0.05) is 31.5 Å². The normalized spacial score (nSPS) is 16.9. The molecule has 1 aromatic heterocycles. The molecular weight excluding hydrogens is 224 g/mol. The zero-order valence-electron chi connectivity index (χ0n) is 9.26. The van der Waals surface area contributed by atoms with Crippen molar-refractivity contribution in [1.82, 2.24) is 9.88 Å². The Hall–Kier alpha value is -1.66. The predicted octanol–water partition coefficient (Wildman–Crippen LogP) is -0.314. The van der Waals surface area contributed by atoms with Crippen LogP contribution in [0, 0.1) is 0 Å². The Labute approximate surface area is 98.5 Å². The van der Waals surface area contributed by atoms with Gasteiger partial charge in [0.15, 0.2) is 0 Å². The number of pyridine rings is 1. The summed E-state index contributed by atoms with van der Waals surface area (Å²) in [6, 6.07) is 1.23. The van der Waals surface area contributed by atoms with Crippen LogP contribution in [-0.2, 0) is 11.3 Å². The van der Waals surface area contributed by atoms with Crippen molar-refractivity contribution in [2.24, 2.45) is 0 Å². The maximum absolute atomic E-state index is 11.8. The third kappa shape index (κ3) is 2.72. The smallest absolute Gasteiger partial charge is 0.335 e. The third-order valence-corrected chi connectivity index (χ3v) is 2.69. The van der Waals surface area contributed by atoms with Crippen molar-refractivity contribution in [1.29, 1.82) is 0 Å². The molecule has 92 valence electrons. The first kappa shape index (κ1) is 11.8. The van der Waals surface area contributed by atoms with Crippen LogP contribution in [-0.4, -0.2) is 47.3 Å². The zero-order chi connectivity index (χ0) is 12.3. The van der Waals surface area contributed by atoms with Gasteiger partial charge in [-0.25, -0.2) is 4.79 Å². The molecule has 1 aromatic rings. The fourth-order valence-corrected chi connectivity index (χ4v) is 1.74. The zero-order valence-corrected chi connectivity index (χ0v) is 9.26. The van der Waals surface area contributed by atoms with Crippen molar-refractivity contribution in [3.05, 3.63) is 23.5 Å². The Morgan fingerprint density at radius 2 is 2.24 bits per heavy atom. The first-order valence-electron chi connectivity index (χ1n) is 5.37. The molecule has 2 heterocycles. The highest BCUT2D eigenvalue weighted by Crippen LogP contribution is 2.18. The molecule has 0 spiro atoms. The van der Waals surface area contributed by atoms with E-state index in [-0.39, 0.29) is 11.3 Å². The number of carboxylic acid groups (broad SMARTS) is 1. The molecule has 0 aliphatic carbocycles. The first-order chi connectivity index (χ1) is 8.18. The minimum atomic E-state index is -1.21. The molecule has 0 amide bonds. The lowest BCUT2D eigenvalue weighted by molar-refractivity contribution is -0.270. The lowest BCUT2D eigenvalue weighted by Gasteiger charge is -2.28. The van der Waals surface area contributed by atoms with Crippen molar-refractivity contribution in [3.63, 3.8) is 0 Å². The van der Waals surface area contributed by atoms with Crippen LogP contribution >= 0.6 is 0 Å². The van der Waals surface area contributed by atoms with Gasteiger partial charge in [-0.3, -0.25) is 9.88 Å². The van der Waals surface area contributed by atoms with Crippen LogP contribution in [0.1, 0.15) is 16.1 Å². The van der Waals surface area contributed by atoms with Crippen molar-refractivity contribution in [2.75, 3.05) is 26.3 Å². The average molecular weight is 237 g/mol. The SMILES string of the molecule is O=C(O)c1ccnc(CN2CCOCC2)c1[O-]. The van der Waals surface area contributed by atoms with Crippen LogP contribution in [0.2, 0.25) is 0 Å². The topological polar surface area (TPSA) is 85.7 Å². The summed E-state index contributed by atoms with van der Waals surface area (Å²) in [5.41, 5.74) is 0.0649. The second kappa shape index (κ2) is 5.11. The molecule has 2 rings (SSSR count). The van der Waals surface area contributed by atoms with E-state index in [4.69, 9.17) is 9.84 Å². The molecule has 1 aliphatic rings. The number of ether oxygens (including phenoxy) is 1. The van der Waals surface area contributed by atoms with Crippen LogP contribution in [0.5, 0.6) is 5.75 Å². The summed E-state index contributed by atoms with van der Waals surface area (Å²) in [6.07, 6.45) is 1.36. The highest BCUT2D eigenvalue weighted by molar-refractivity contribution is 5.90. The number of hydrogen-bond acceptors (Lipinski definition) is 5. The molecular formula is C11H13N2O4-. The molecule has 1 aliphatic heterocycles. The van der Waals surface area contributed by atoms with E-state index in [2.05, 4.69) is 4.98 Å². The van der Waals surface area contributed by atoms with Gasteiger partial charge in [0.2, 0.25) is 0 Å². The van der Waals surface area contributed by atoms with E-state index in [0.29, 0.717) is 19.8 Å². The van der Waals surface area contributed by atoms with E-state index >= 15 is 0 Å². The Kier molecular flexibility index (Phi) is 3.55. The van der Waals surface area contributed by atoms with Crippen molar-refractivity contribution >= 4 is 5.97 Å². The molecule has 0 aromatic carbocycles. The fraction of sp³-hybridized carbons (Fsp3) is 0.455. The van der Waals surface area contributed by atoms with Gasteiger partial charge in [0.1, 0.15) is 0 Å². The Bertz CT molecular complexity index is 416. The van der Waals surface area contributed by atoms with Crippen molar-refractivity contribution in [3.8, 4) is 5.75 Å². The monoisotopic (exact) mass is 237 g/mol. The highest BCUT2D eigenvalue weighted by atomic mass is 16.5. The van der Waals surface area contributed by atoms with Crippen LogP contribution < -0.4 is 5.11 Å². The number of nitrogens with zero attached hydrogens (tertiary/aromatic N) is 2. The molecule has 0 unspecified atom stereocenters. The number of morpholine rings is 1. The summed E-state index contributed by atoms with van der Waals surface area (Å²) >= 11 is 0. The summed E-state index contributed by atoms with van der Waals surface area (Å²) in [5.74, 6) is -1.70. The van der Waals surface area contributed by atoms with Gasteiger partial charge in [-0.1, -0.05) is 5.75 Å². The van der Waals surface area contributed by atoms with Gasteiger partial charge in [-0.15, -0.1) is 0 Å². The molecule has 6 heteroatoms. The molecule has 0 saturated carbocycles. The second-order valence-electron chi connectivity index (χ2n) is 3.83. The number of aromatic nitrogens is 1. The van der Waals surface area contributed by atoms with Crippen LogP contribution in [0.15, 0.2) is 12.3 Å². The van der Waals surface area contributed by atoms with Crippen molar-refractivity contribution in [2.45, 2.75) is 6.54 Å². The molecule has 17 heavy (non-hydrogen) atoms. The van der Waals surface area contributed by atoms with Crippen molar-refractivity contribution < 1.29 is 19.7 Å². The Morgan fingerprint density at radius 1 is 1.53 bits per heavy atom. The molecule has 6 nitrogen and oxygen atoms in total. The number of carbonyl (C=O) groups is 1. The van der Waals surface area contributed by atoms with Gasteiger partial charge >= 0.3 is 5.97 Å². The number of aromatic carboxylic acids is 1. The fourth-order valence-electron chi connectivity index (χ4n) is 1.74. The highest BCUT2D eigenvalue weighted by Gasteiger charge is 2.13.